The van der Waals surface area contributed by atoms with Crippen molar-refractivity contribution in [2.45, 2.75) is 76.1 Å². The topological polar surface area (TPSA) is 18.5 Å². The van der Waals surface area contributed by atoms with Crippen LogP contribution in [0.25, 0.3) is 0 Å². The highest BCUT2D eigenvalue weighted by atomic mass is 19.3. The van der Waals surface area contributed by atoms with Crippen LogP contribution < -0.4 is 0 Å². The van der Waals surface area contributed by atoms with E-state index >= 15 is 0 Å². The van der Waals surface area contributed by atoms with Crippen molar-refractivity contribution < 1.29 is 27.0 Å². The van der Waals surface area contributed by atoms with Crippen molar-refractivity contribution in [1.82, 2.24) is 0 Å². The second-order valence-corrected chi connectivity index (χ2v) is 8.70. The van der Waals surface area contributed by atoms with Crippen molar-refractivity contribution >= 4 is 0 Å². The molecular formula is C22H28F4O2. The van der Waals surface area contributed by atoms with Crippen molar-refractivity contribution in [3.05, 3.63) is 35.4 Å². The molecule has 1 aromatic rings. The van der Waals surface area contributed by atoms with E-state index in [1.165, 1.54) is 25.7 Å². The van der Waals surface area contributed by atoms with Gasteiger partial charge in [-0.15, -0.1) is 0 Å². The smallest absolute Gasteiger partial charge is 0.378 e. The molecule has 0 amide bonds. The average Bonchev–Trinajstić information content (AvgIpc) is 2.63. The van der Waals surface area contributed by atoms with E-state index in [1.807, 2.05) is 0 Å². The number of halogens is 4. The molecule has 28 heavy (non-hydrogen) atoms. The lowest BCUT2D eigenvalue weighted by atomic mass is 9.72. The number of rotatable bonds is 5. The Balaban J connectivity index is 1.25. The Hall–Kier alpha value is -1.14. The van der Waals surface area contributed by atoms with E-state index in [0.29, 0.717) is 36.8 Å². The molecule has 0 aromatic heterocycles. The summed E-state index contributed by atoms with van der Waals surface area (Å²) in [5, 5.41) is 0. The van der Waals surface area contributed by atoms with Gasteiger partial charge in [0, 0.05) is 0 Å². The Morgan fingerprint density at radius 1 is 0.821 bits per heavy atom. The Kier molecular flexibility index (Phi) is 5.98. The number of hydrogen-bond donors (Lipinski definition) is 0. The molecule has 1 saturated heterocycles. The summed E-state index contributed by atoms with van der Waals surface area (Å²) in [7, 11) is 0. The summed E-state index contributed by atoms with van der Waals surface area (Å²) in [6.07, 6.45) is 5.05. The minimum absolute atomic E-state index is 0.240. The van der Waals surface area contributed by atoms with Gasteiger partial charge in [0.05, 0.1) is 24.4 Å². The summed E-state index contributed by atoms with van der Waals surface area (Å²) in [4.78, 5) is 0. The lowest BCUT2D eigenvalue weighted by Crippen LogP contribution is -2.39. The fraction of sp³-hybridized carbons (Fsp3) is 0.727. The molecule has 1 heterocycles. The van der Waals surface area contributed by atoms with Crippen LogP contribution in [0.15, 0.2) is 18.2 Å². The van der Waals surface area contributed by atoms with E-state index < -0.39 is 29.4 Å². The lowest BCUT2D eigenvalue weighted by molar-refractivity contribution is -0.279. The van der Waals surface area contributed by atoms with Crippen molar-refractivity contribution in [3.63, 3.8) is 0 Å². The van der Waals surface area contributed by atoms with Gasteiger partial charge in [-0.1, -0.05) is 19.3 Å². The average molecular weight is 400 g/mol. The molecule has 4 rings (SSSR count). The SMILES string of the molecule is Fc1ccc(C(F)(F)OC2CCC(C3CCC(C4CCC4)CO3)CC2)cc1F. The summed E-state index contributed by atoms with van der Waals surface area (Å²) >= 11 is 0. The van der Waals surface area contributed by atoms with Gasteiger partial charge in [-0.3, -0.25) is 0 Å². The van der Waals surface area contributed by atoms with Crippen LogP contribution in [0.2, 0.25) is 0 Å². The van der Waals surface area contributed by atoms with Crippen LogP contribution in [0, 0.1) is 29.4 Å². The van der Waals surface area contributed by atoms with Crippen LogP contribution in [-0.2, 0) is 15.6 Å². The molecule has 156 valence electrons. The van der Waals surface area contributed by atoms with Gasteiger partial charge in [-0.05, 0) is 74.5 Å². The molecule has 0 bridgehead atoms. The summed E-state index contributed by atoms with van der Waals surface area (Å²) in [6.45, 7) is 0.847. The molecule has 3 aliphatic rings. The largest absolute Gasteiger partial charge is 0.383 e. The summed E-state index contributed by atoms with van der Waals surface area (Å²) < 4.78 is 66.1. The maximum Gasteiger partial charge on any atom is 0.383 e. The van der Waals surface area contributed by atoms with E-state index in [1.54, 1.807) is 0 Å². The van der Waals surface area contributed by atoms with Gasteiger partial charge in [0.15, 0.2) is 11.6 Å². The van der Waals surface area contributed by atoms with Crippen molar-refractivity contribution in [2.24, 2.45) is 17.8 Å². The van der Waals surface area contributed by atoms with Gasteiger partial charge < -0.3 is 9.47 Å². The molecule has 1 aliphatic heterocycles. The molecule has 2 saturated carbocycles. The van der Waals surface area contributed by atoms with Crippen LogP contribution in [0.5, 0.6) is 0 Å². The first kappa shape index (κ1) is 20.1. The van der Waals surface area contributed by atoms with Crippen LogP contribution in [0.1, 0.15) is 63.4 Å². The van der Waals surface area contributed by atoms with Gasteiger partial charge in [-0.25, -0.2) is 8.78 Å². The fourth-order valence-electron chi connectivity index (χ4n) is 4.98. The number of benzene rings is 1. The maximum absolute atomic E-state index is 14.3. The highest BCUT2D eigenvalue weighted by Gasteiger charge is 2.40. The van der Waals surface area contributed by atoms with Crippen LogP contribution in [-0.4, -0.2) is 18.8 Å². The van der Waals surface area contributed by atoms with E-state index in [2.05, 4.69) is 0 Å². The quantitative estimate of drug-likeness (QED) is 0.549. The zero-order chi connectivity index (χ0) is 19.7. The maximum atomic E-state index is 14.3. The van der Waals surface area contributed by atoms with Crippen LogP contribution in [0.4, 0.5) is 17.6 Å². The summed E-state index contributed by atoms with van der Waals surface area (Å²) in [5.41, 5.74) is -0.647. The van der Waals surface area contributed by atoms with Gasteiger partial charge in [0.1, 0.15) is 0 Å². The predicted octanol–water partition coefficient (Wildman–Crippen LogP) is 6.18. The van der Waals surface area contributed by atoms with Gasteiger partial charge in [-0.2, -0.15) is 8.78 Å². The molecule has 2 unspecified atom stereocenters. The third-order valence-corrected chi connectivity index (χ3v) is 6.98. The molecular weight excluding hydrogens is 372 g/mol. The van der Waals surface area contributed by atoms with Crippen LogP contribution >= 0.6 is 0 Å². The molecule has 2 nitrogen and oxygen atoms in total. The van der Waals surface area contributed by atoms with E-state index in [4.69, 9.17) is 9.47 Å². The molecule has 0 radical (unpaired) electrons. The third kappa shape index (κ3) is 4.38. The normalized spacial score (nSPS) is 32.1. The second kappa shape index (κ2) is 8.31. The standard InChI is InChI=1S/C22H28F4O2/c23-19-10-7-17(12-20(19)24)22(25,26)28-18-8-4-15(5-9-18)21-11-6-16(13-27-21)14-2-1-3-14/h7,10,12,14-16,18,21H,1-6,8-9,11,13H2. The Morgan fingerprint density at radius 3 is 2.11 bits per heavy atom. The minimum atomic E-state index is -3.62. The monoisotopic (exact) mass is 400 g/mol. The highest BCUT2D eigenvalue weighted by molar-refractivity contribution is 5.20. The van der Waals surface area contributed by atoms with E-state index in [9.17, 15) is 17.6 Å². The van der Waals surface area contributed by atoms with E-state index in [-0.39, 0.29) is 6.10 Å². The second-order valence-electron chi connectivity index (χ2n) is 8.70. The first-order chi connectivity index (χ1) is 13.4. The Bertz CT molecular complexity index is 661. The van der Waals surface area contributed by atoms with E-state index in [0.717, 1.165) is 37.9 Å². The fourth-order valence-corrected chi connectivity index (χ4v) is 4.98. The molecule has 0 N–H and O–H groups in total. The lowest BCUT2D eigenvalue weighted by Gasteiger charge is -2.42. The van der Waals surface area contributed by atoms with Crippen molar-refractivity contribution in [3.8, 4) is 0 Å². The molecule has 2 atom stereocenters. The number of ether oxygens (including phenoxy) is 2. The summed E-state index contributed by atoms with van der Waals surface area (Å²) in [6, 6.07) is 2.09. The molecule has 2 aliphatic carbocycles. The van der Waals surface area contributed by atoms with Crippen LogP contribution in [0.3, 0.4) is 0 Å². The number of hydrogen-bond acceptors (Lipinski definition) is 2. The molecule has 0 spiro atoms. The Labute approximate surface area is 163 Å². The number of alkyl halides is 2. The minimum Gasteiger partial charge on any atom is -0.378 e. The zero-order valence-corrected chi connectivity index (χ0v) is 16.0. The summed E-state index contributed by atoms with van der Waals surface area (Å²) in [5.74, 6) is -0.478. The van der Waals surface area contributed by atoms with Crippen molar-refractivity contribution in [1.29, 1.82) is 0 Å². The third-order valence-electron chi connectivity index (χ3n) is 6.98. The zero-order valence-electron chi connectivity index (χ0n) is 16.0. The predicted molar refractivity (Wildman–Crippen MR) is 96.9 cm³/mol. The molecule has 1 aromatic carbocycles. The van der Waals surface area contributed by atoms with Crippen molar-refractivity contribution in [2.75, 3.05) is 6.61 Å². The molecule has 6 heteroatoms. The molecule has 3 fully saturated rings. The van der Waals surface area contributed by atoms with Gasteiger partial charge >= 0.3 is 6.11 Å². The first-order valence-electron chi connectivity index (χ1n) is 10.5. The highest BCUT2D eigenvalue weighted by Crippen LogP contribution is 2.42. The first-order valence-corrected chi connectivity index (χ1v) is 10.5. The van der Waals surface area contributed by atoms with Gasteiger partial charge in [0.25, 0.3) is 0 Å². The Morgan fingerprint density at radius 2 is 1.54 bits per heavy atom. The van der Waals surface area contributed by atoms with Gasteiger partial charge in [0.2, 0.25) is 0 Å².